The van der Waals surface area contributed by atoms with Crippen molar-refractivity contribution >= 4 is 5.91 Å². The normalized spacial score (nSPS) is 12.2. The second-order valence-electron chi connectivity index (χ2n) is 6.23. The molecule has 27 heavy (non-hydrogen) atoms. The molecule has 7 nitrogen and oxygen atoms in total. The number of fused-ring (bicyclic) bond motifs is 1. The molecule has 0 unspecified atom stereocenters. The van der Waals surface area contributed by atoms with E-state index in [1.807, 2.05) is 37.3 Å². The number of hydrogen-bond acceptors (Lipinski definition) is 6. The van der Waals surface area contributed by atoms with E-state index in [2.05, 4.69) is 10.1 Å². The number of rotatable bonds is 5. The molecule has 0 aliphatic carbocycles. The fourth-order valence-corrected chi connectivity index (χ4v) is 2.94. The molecule has 0 atom stereocenters. The van der Waals surface area contributed by atoms with Crippen molar-refractivity contribution in [3.05, 3.63) is 59.4 Å². The van der Waals surface area contributed by atoms with Crippen LogP contribution in [-0.2, 0) is 6.54 Å². The van der Waals surface area contributed by atoms with Crippen LogP contribution in [0.3, 0.4) is 0 Å². The Balaban J connectivity index is 1.49. The van der Waals surface area contributed by atoms with Crippen LogP contribution < -0.4 is 9.47 Å². The lowest BCUT2D eigenvalue weighted by atomic mass is 10.1. The van der Waals surface area contributed by atoms with Crippen LogP contribution in [0.1, 0.15) is 28.7 Å². The monoisotopic (exact) mass is 365 g/mol. The Hall–Kier alpha value is -3.35. The van der Waals surface area contributed by atoms with Gasteiger partial charge in [0.1, 0.15) is 0 Å². The minimum absolute atomic E-state index is 0.0385. The van der Waals surface area contributed by atoms with Gasteiger partial charge in [0.15, 0.2) is 17.3 Å². The van der Waals surface area contributed by atoms with Gasteiger partial charge in [0.05, 0.1) is 0 Å². The SMILES string of the molecule is CCN(Cc1ccc2c(c1)OCO2)C(=O)c1ccc(-c2nc(C)no2)cc1. The van der Waals surface area contributed by atoms with E-state index in [-0.39, 0.29) is 12.7 Å². The second-order valence-corrected chi connectivity index (χ2v) is 6.23. The molecule has 138 valence electrons. The quantitative estimate of drug-likeness (QED) is 0.689. The number of amides is 1. The third-order valence-corrected chi connectivity index (χ3v) is 4.39. The molecule has 1 amide bonds. The Labute approximate surface area is 156 Å². The highest BCUT2D eigenvalue weighted by atomic mass is 16.7. The van der Waals surface area contributed by atoms with E-state index >= 15 is 0 Å². The van der Waals surface area contributed by atoms with Gasteiger partial charge in [0.25, 0.3) is 11.8 Å². The van der Waals surface area contributed by atoms with E-state index in [9.17, 15) is 4.79 Å². The summed E-state index contributed by atoms with van der Waals surface area (Å²) in [4.78, 5) is 18.9. The van der Waals surface area contributed by atoms with Crippen molar-refractivity contribution in [2.24, 2.45) is 0 Å². The van der Waals surface area contributed by atoms with Crippen molar-refractivity contribution in [2.75, 3.05) is 13.3 Å². The molecule has 1 aliphatic rings. The molecule has 1 aromatic heterocycles. The fraction of sp³-hybridized carbons (Fsp3) is 0.250. The van der Waals surface area contributed by atoms with Gasteiger partial charge in [-0.1, -0.05) is 11.2 Å². The third kappa shape index (κ3) is 3.48. The standard InChI is InChI=1S/C20H19N3O4/c1-3-23(11-14-4-9-17-18(10-14)26-12-25-17)20(24)16-7-5-15(6-8-16)19-21-13(2)22-27-19/h4-10H,3,11-12H2,1-2H3. The number of ether oxygens (including phenoxy) is 2. The molecule has 0 radical (unpaired) electrons. The summed E-state index contributed by atoms with van der Waals surface area (Å²) in [6.07, 6.45) is 0. The average molecular weight is 365 g/mol. The Morgan fingerprint density at radius 1 is 1.11 bits per heavy atom. The molecule has 3 aromatic rings. The van der Waals surface area contributed by atoms with E-state index in [0.717, 1.165) is 22.6 Å². The van der Waals surface area contributed by atoms with E-state index < -0.39 is 0 Å². The summed E-state index contributed by atoms with van der Waals surface area (Å²) in [5, 5.41) is 3.78. The summed E-state index contributed by atoms with van der Waals surface area (Å²) in [7, 11) is 0. The van der Waals surface area contributed by atoms with Crippen LogP contribution in [0.2, 0.25) is 0 Å². The first-order valence-corrected chi connectivity index (χ1v) is 8.72. The predicted molar refractivity (Wildman–Crippen MR) is 97.5 cm³/mol. The number of benzene rings is 2. The fourth-order valence-electron chi connectivity index (χ4n) is 2.94. The smallest absolute Gasteiger partial charge is 0.257 e. The molecular weight excluding hydrogens is 346 g/mol. The van der Waals surface area contributed by atoms with E-state index in [0.29, 0.717) is 30.4 Å². The summed E-state index contributed by atoms with van der Waals surface area (Å²) >= 11 is 0. The van der Waals surface area contributed by atoms with Crippen molar-refractivity contribution in [3.63, 3.8) is 0 Å². The lowest BCUT2D eigenvalue weighted by Crippen LogP contribution is -2.30. The molecule has 2 heterocycles. The zero-order valence-electron chi connectivity index (χ0n) is 15.1. The average Bonchev–Trinajstić information content (AvgIpc) is 3.34. The van der Waals surface area contributed by atoms with Crippen LogP contribution in [0.4, 0.5) is 0 Å². The summed E-state index contributed by atoms with van der Waals surface area (Å²) in [5.74, 6) is 2.43. The van der Waals surface area contributed by atoms with E-state index in [1.165, 1.54) is 0 Å². The highest BCUT2D eigenvalue weighted by molar-refractivity contribution is 5.94. The lowest BCUT2D eigenvalue weighted by molar-refractivity contribution is 0.0752. The van der Waals surface area contributed by atoms with E-state index in [4.69, 9.17) is 14.0 Å². The second kappa shape index (κ2) is 7.11. The first-order valence-electron chi connectivity index (χ1n) is 8.72. The van der Waals surface area contributed by atoms with Crippen LogP contribution in [0.15, 0.2) is 47.0 Å². The lowest BCUT2D eigenvalue weighted by Gasteiger charge is -2.21. The van der Waals surface area contributed by atoms with Crippen molar-refractivity contribution in [1.82, 2.24) is 15.0 Å². The van der Waals surface area contributed by atoms with Gasteiger partial charge in [-0.05, 0) is 55.8 Å². The maximum absolute atomic E-state index is 12.9. The van der Waals surface area contributed by atoms with Gasteiger partial charge in [0.2, 0.25) is 6.79 Å². The Morgan fingerprint density at radius 2 is 1.89 bits per heavy atom. The van der Waals surface area contributed by atoms with Crippen molar-refractivity contribution in [2.45, 2.75) is 20.4 Å². The highest BCUT2D eigenvalue weighted by Crippen LogP contribution is 2.33. The summed E-state index contributed by atoms with van der Waals surface area (Å²) in [6.45, 7) is 5.05. The van der Waals surface area contributed by atoms with Crippen LogP contribution >= 0.6 is 0 Å². The zero-order valence-corrected chi connectivity index (χ0v) is 15.1. The maximum atomic E-state index is 12.9. The number of hydrogen-bond donors (Lipinski definition) is 0. The number of carbonyl (C=O) groups excluding carboxylic acids is 1. The molecule has 4 rings (SSSR count). The van der Waals surface area contributed by atoms with Gasteiger partial charge in [-0.2, -0.15) is 4.98 Å². The van der Waals surface area contributed by atoms with Crippen molar-refractivity contribution < 1.29 is 18.8 Å². The van der Waals surface area contributed by atoms with E-state index in [1.54, 1.807) is 24.0 Å². The Morgan fingerprint density at radius 3 is 2.59 bits per heavy atom. The van der Waals surface area contributed by atoms with Gasteiger partial charge in [-0.15, -0.1) is 0 Å². The summed E-state index contributed by atoms with van der Waals surface area (Å²) in [6, 6.07) is 12.9. The van der Waals surface area contributed by atoms with Crippen LogP contribution in [-0.4, -0.2) is 34.3 Å². The number of aryl methyl sites for hydroxylation is 1. The van der Waals surface area contributed by atoms with Gasteiger partial charge >= 0.3 is 0 Å². The molecule has 1 aliphatic heterocycles. The predicted octanol–water partition coefficient (Wildman–Crippen LogP) is 3.44. The van der Waals surface area contributed by atoms with Crippen molar-refractivity contribution in [1.29, 1.82) is 0 Å². The zero-order chi connectivity index (χ0) is 18.8. The Kier molecular flexibility index (Phi) is 4.50. The van der Waals surface area contributed by atoms with Crippen LogP contribution in [0.25, 0.3) is 11.5 Å². The largest absolute Gasteiger partial charge is 0.454 e. The van der Waals surface area contributed by atoms with Gasteiger partial charge < -0.3 is 18.9 Å². The Bertz CT molecular complexity index is 966. The van der Waals surface area contributed by atoms with Gasteiger partial charge in [-0.3, -0.25) is 4.79 Å². The first-order chi connectivity index (χ1) is 13.1. The molecule has 0 N–H and O–H groups in total. The molecule has 0 saturated carbocycles. The topological polar surface area (TPSA) is 77.7 Å². The first kappa shape index (κ1) is 17.1. The molecule has 0 saturated heterocycles. The van der Waals surface area contributed by atoms with Gasteiger partial charge in [0, 0.05) is 24.2 Å². The minimum atomic E-state index is -0.0385. The number of nitrogens with zero attached hydrogens (tertiary/aromatic N) is 3. The molecule has 0 bridgehead atoms. The molecule has 0 fully saturated rings. The molecule has 0 spiro atoms. The van der Waals surface area contributed by atoms with Crippen molar-refractivity contribution in [3.8, 4) is 23.0 Å². The molecule has 7 heteroatoms. The molecular formula is C20H19N3O4. The molecule has 2 aromatic carbocycles. The van der Waals surface area contributed by atoms with Gasteiger partial charge in [-0.25, -0.2) is 0 Å². The highest BCUT2D eigenvalue weighted by Gasteiger charge is 2.18. The third-order valence-electron chi connectivity index (χ3n) is 4.39. The summed E-state index contributed by atoms with van der Waals surface area (Å²) < 4.78 is 15.9. The maximum Gasteiger partial charge on any atom is 0.257 e. The summed E-state index contributed by atoms with van der Waals surface area (Å²) in [5.41, 5.74) is 2.39. The van der Waals surface area contributed by atoms with Crippen LogP contribution in [0, 0.1) is 6.92 Å². The number of aromatic nitrogens is 2. The van der Waals surface area contributed by atoms with Crippen LogP contribution in [0.5, 0.6) is 11.5 Å². The minimum Gasteiger partial charge on any atom is -0.454 e. The number of carbonyl (C=O) groups is 1.